The van der Waals surface area contributed by atoms with Gasteiger partial charge in [0.2, 0.25) is 0 Å². The number of aromatic nitrogens is 1. The minimum atomic E-state index is -1.05. The van der Waals surface area contributed by atoms with Gasteiger partial charge in [0.1, 0.15) is 11.4 Å². The van der Waals surface area contributed by atoms with Gasteiger partial charge in [-0.25, -0.2) is 4.79 Å². The Morgan fingerprint density at radius 2 is 2.20 bits per heavy atom. The Morgan fingerprint density at radius 3 is 2.80 bits per heavy atom. The molecule has 2 aromatic rings. The highest BCUT2D eigenvalue weighted by atomic mass is 16.6. The average Bonchev–Trinajstić information content (AvgIpc) is 2.86. The minimum Gasteiger partial charge on any atom is -0.496 e. The van der Waals surface area contributed by atoms with E-state index in [-0.39, 0.29) is 17.9 Å². The lowest BCUT2D eigenvalue weighted by Gasteiger charge is -2.08. The number of carboxylic acids is 1. The number of carbonyl (C=O) groups is 1. The van der Waals surface area contributed by atoms with Crippen molar-refractivity contribution < 1.29 is 19.6 Å². The molecular formula is C13H12N2O5. The highest BCUT2D eigenvalue weighted by molar-refractivity contribution is 5.85. The zero-order chi connectivity index (χ0) is 14.7. The Morgan fingerprint density at radius 1 is 1.45 bits per heavy atom. The van der Waals surface area contributed by atoms with Gasteiger partial charge in [-0.1, -0.05) is 0 Å². The maximum Gasteiger partial charge on any atom is 0.352 e. The van der Waals surface area contributed by atoms with Crippen molar-refractivity contribution in [2.24, 2.45) is 0 Å². The van der Waals surface area contributed by atoms with Crippen LogP contribution < -0.4 is 4.74 Å². The lowest BCUT2D eigenvalue weighted by molar-refractivity contribution is -0.385. The zero-order valence-electron chi connectivity index (χ0n) is 10.6. The predicted octanol–water partition coefficient (Wildman–Crippen LogP) is 2.15. The highest BCUT2D eigenvalue weighted by Gasteiger charge is 2.13. The fourth-order valence-electron chi connectivity index (χ4n) is 1.90. The number of methoxy groups -OCH3 is 1. The predicted molar refractivity (Wildman–Crippen MR) is 70.1 cm³/mol. The van der Waals surface area contributed by atoms with Crippen LogP contribution in [0.5, 0.6) is 5.75 Å². The number of nitro groups is 1. The number of benzene rings is 1. The molecule has 1 aromatic carbocycles. The first kappa shape index (κ1) is 13.6. The molecule has 0 saturated heterocycles. The summed E-state index contributed by atoms with van der Waals surface area (Å²) in [6, 6.07) is 7.43. The molecule has 0 bridgehead atoms. The highest BCUT2D eigenvalue weighted by Crippen LogP contribution is 2.23. The first-order valence-corrected chi connectivity index (χ1v) is 5.72. The van der Waals surface area contributed by atoms with Crippen LogP contribution in [0.25, 0.3) is 0 Å². The van der Waals surface area contributed by atoms with Crippen molar-refractivity contribution in [1.82, 2.24) is 4.57 Å². The number of hydrogen-bond acceptors (Lipinski definition) is 4. The van der Waals surface area contributed by atoms with Crippen molar-refractivity contribution >= 4 is 11.7 Å². The minimum absolute atomic E-state index is 0.0941. The molecule has 0 aliphatic heterocycles. The molecule has 1 N–H and O–H groups in total. The van der Waals surface area contributed by atoms with Gasteiger partial charge < -0.3 is 14.4 Å². The molecular weight excluding hydrogens is 264 g/mol. The fraction of sp³-hybridized carbons (Fsp3) is 0.154. The number of nitro benzene ring substituents is 1. The van der Waals surface area contributed by atoms with Crippen LogP contribution in [0.15, 0.2) is 36.5 Å². The van der Waals surface area contributed by atoms with Crippen LogP contribution in [0.1, 0.15) is 16.1 Å². The lowest BCUT2D eigenvalue weighted by atomic mass is 10.2. The van der Waals surface area contributed by atoms with Crippen LogP contribution in [0.4, 0.5) is 5.69 Å². The van der Waals surface area contributed by atoms with Crippen LogP contribution >= 0.6 is 0 Å². The van der Waals surface area contributed by atoms with E-state index in [4.69, 9.17) is 9.84 Å². The standard InChI is InChI=1S/C13H12N2O5/c1-20-11-6-9(5-10(7-11)15(18)19)8-14-4-2-3-12(14)13(16)17/h2-7H,8H2,1H3,(H,16,17). The summed E-state index contributed by atoms with van der Waals surface area (Å²) in [5.41, 5.74) is 0.619. The number of nitrogens with zero attached hydrogens (tertiary/aromatic N) is 2. The van der Waals surface area contributed by atoms with Crippen molar-refractivity contribution in [2.45, 2.75) is 6.54 Å². The molecule has 0 radical (unpaired) electrons. The van der Waals surface area contributed by atoms with Gasteiger partial charge in [0.25, 0.3) is 5.69 Å². The van der Waals surface area contributed by atoms with E-state index in [2.05, 4.69) is 0 Å². The van der Waals surface area contributed by atoms with Crippen molar-refractivity contribution in [3.63, 3.8) is 0 Å². The van der Waals surface area contributed by atoms with Gasteiger partial charge in [0.15, 0.2) is 0 Å². The van der Waals surface area contributed by atoms with Crippen molar-refractivity contribution in [1.29, 1.82) is 0 Å². The van der Waals surface area contributed by atoms with E-state index in [9.17, 15) is 14.9 Å². The van der Waals surface area contributed by atoms with E-state index >= 15 is 0 Å². The van der Waals surface area contributed by atoms with E-state index in [0.717, 1.165) is 0 Å². The van der Waals surface area contributed by atoms with E-state index in [1.807, 2.05) is 0 Å². The normalized spacial score (nSPS) is 10.2. The first-order valence-electron chi connectivity index (χ1n) is 5.72. The molecule has 0 amide bonds. The summed E-state index contributed by atoms with van der Waals surface area (Å²) >= 11 is 0. The van der Waals surface area contributed by atoms with Crippen molar-refractivity contribution in [2.75, 3.05) is 7.11 Å². The zero-order valence-corrected chi connectivity index (χ0v) is 10.6. The number of non-ortho nitro benzene ring substituents is 1. The molecule has 0 atom stereocenters. The molecule has 1 heterocycles. The number of ether oxygens (including phenoxy) is 1. The number of carboxylic acid groups (broad SMARTS) is 1. The SMILES string of the molecule is COc1cc(Cn2cccc2C(=O)O)cc([N+](=O)[O-])c1. The van der Waals surface area contributed by atoms with Gasteiger partial charge in [0, 0.05) is 18.8 Å². The summed E-state index contributed by atoms with van der Waals surface area (Å²) in [7, 11) is 1.42. The van der Waals surface area contributed by atoms with Crippen LogP contribution in [0.3, 0.4) is 0 Å². The largest absolute Gasteiger partial charge is 0.496 e. The Bertz CT molecular complexity index is 663. The smallest absolute Gasteiger partial charge is 0.352 e. The van der Waals surface area contributed by atoms with Crippen molar-refractivity contribution in [3.05, 3.63) is 57.9 Å². The molecule has 0 saturated carbocycles. The van der Waals surface area contributed by atoms with Crippen LogP contribution in [0, 0.1) is 10.1 Å². The van der Waals surface area contributed by atoms with E-state index in [0.29, 0.717) is 11.3 Å². The molecule has 0 fully saturated rings. The van der Waals surface area contributed by atoms with Crippen LogP contribution in [0.2, 0.25) is 0 Å². The monoisotopic (exact) mass is 276 g/mol. The first-order chi connectivity index (χ1) is 9.51. The summed E-state index contributed by atoms with van der Waals surface area (Å²) < 4.78 is 6.51. The quantitative estimate of drug-likeness (QED) is 0.667. The molecule has 7 nitrogen and oxygen atoms in total. The summed E-state index contributed by atoms with van der Waals surface area (Å²) in [4.78, 5) is 21.4. The Balaban J connectivity index is 2.37. The summed E-state index contributed by atoms with van der Waals surface area (Å²) in [5, 5.41) is 19.9. The van der Waals surface area contributed by atoms with Gasteiger partial charge in [-0.15, -0.1) is 0 Å². The third-order valence-electron chi connectivity index (χ3n) is 2.80. The van der Waals surface area contributed by atoms with Crippen molar-refractivity contribution in [3.8, 4) is 5.75 Å². The second-order valence-corrected chi connectivity index (χ2v) is 4.12. The van der Waals surface area contributed by atoms with Crippen LogP contribution in [-0.2, 0) is 6.54 Å². The molecule has 0 unspecified atom stereocenters. The Hall–Kier alpha value is -2.83. The fourth-order valence-corrected chi connectivity index (χ4v) is 1.90. The molecule has 20 heavy (non-hydrogen) atoms. The maximum absolute atomic E-state index is 11.0. The molecule has 0 spiro atoms. The summed E-state index contributed by atoms with van der Waals surface area (Å²) in [6.45, 7) is 0.215. The van der Waals surface area contributed by atoms with Gasteiger partial charge in [-0.2, -0.15) is 0 Å². The molecule has 0 aliphatic rings. The van der Waals surface area contributed by atoms with Gasteiger partial charge in [-0.05, 0) is 23.8 Å². The summed E-state index contributed by atoms with van der Waals surface area (Å²) in [6.07, 6.45) is 1.61. The summed E-state index contributed by atoms with van der Waals surface area (Å²) in [5.74, 6) is -0.689. The molecule has 2 rings (SSSR count). The number of rotatable bonds is 5. The molecule has 7 heteroatoms. The second-order valence-electron chi connectivity index (χ2n) is 4.12. The van der Waals surface area contributed by atoms with Gasteiger partial charge in [0.05, 0.1) is 18.1 Å². The van der Waals surface area contributed by atoms with Crippen LogP contribution in [-0.4, -0.2) is 27.7 Å². The Kier molecular flexibility index (Phi) is 3.69. The number of hydrogen-bond donors (Lipinski definition) is 1. The van der Waals surface area contributed by atoms with Gasteiger partial charge >= 0.3 is 5.97 Å². The Labute approximate surface area is 114 Å². The molecule has 104 valence electrons. The van der Waals surface area contributed by atoms with E-state index < -0.39 is 10.9 Å². The number of aromatic carboxylic acids is 1. The van der Waals surface area contributed by atoms with E-state index in [1.54, 1.807) is 18.3 Å². The third-order valence-corrected chi connectivity index (χ3v) is 2.80. The molecule has 1 aromatic heterocycles. The average molecular weight is 276 g/mol. The second kappa shape index (κ2) is 5.43. The lowest BCUT2D eigenvalue weighted by Crippen LogP contribution is -2.08. The molecule has 0 aliphatic carbocycles. The maximum atomic E-state index is 11.0. The van der Waals surface area contributed by atoms with E-state index in [1.165, 1.54) is 29.9 Å². The third kappa shape index (κ3) is 2.77. The van der Waals surface area contributed by atoms with Gasteiger partial charge in [-0.3, -0.25) is 10.1 Å². The topological polar surface area (TPSA) is 94.6 Å².